The molecule has 0 amide bonds. The van der Waals surface area contributed by atoms with Crippen molar-refractivity contribution in [2.24, 2.45) is 11.8 Å². The quantitative estimate of drug-likeness (QED) is 0.573. The summed E-state index contributed by atoms with van der Waals surface area (Å²) in [6, 6.07) is 0. The van der Waals surface area contributed by atoms with Crippen molar-refractivity contribution >= 4 is 12.1 Å². The molecule has 0 aliphatic heterocycles. The van der Waals surface area contributed by atoms with Crippen LogP contribution in [0.15, 0.2) is 0 Å². The van der Waals surface area contributed by atoms with Crippen molar-refractivity contribution in [2.45, 2.75) is 40.0 Å². The van der Waals surface area contributed by atoms with Crippen LogP contribution in [0, 0.1) is 11.8 Å². The van der Waals surface area contributed by atoms with Crippen LogP contribution >= 0.6 is 0 Å². The first-order chi connectivity index (χ1) is 5.57. The van der Waals surface area contributed by atoms with Gasteiger partial charge in [-0.25, -0.2) is 0 Å². The third kappa shape index (κ3) is 5.05. The molecule has 0 bridgehead atoms. The molecule has 0 spiro atoms. The molecule has 0 aromatic rings. The maximum Gasteiger partial charge on any atom is 0.135 e. The van der Waals surface area contributed by atoms with E-state index in [1.165, 1.54) is 0 Å². The molecule has 0 radical (unpaired) electrons. The molecular formula is C10H18O2. The molecular weight excluding hydrogens is 152 g/mol. The highest BCUT2D eigenvalue weighted by Crippen LogP contribution is 2.08. The standard InChI is InChI=1S/C10H18O2/c1-8(2)10(12)6-4-5-9(3)7-11/h7-9H,4-6H2,1-3H3. The fourth-order valence-corrected chi connectivity index (χ4v) is 0.955. The van der Waals surface area contributed by atoms with Crippen LogP contribution in [0.4, 0.5) is 0 Å². The Labute approximate surface area is 74.3 Å². The molecule has 0 saturated heterocycles. The molecule has 0 rings (SSSR count). The van der Waals surface area contributed by atoms with Gasteiger partial charge in [0, 0.05) is 18.3 Å². The van der Waals surface area contributed by atoms with Gasteiger partial charge in [-0.05, 0) is 12.8 Å². The number of hydrogen-bond donors (Lipinski definition) is 0. The highest BCUT2D eigenvalue weighted by Gasteiger charge is 2.07. The van der Waals surface area contributed by atoms with Crippen molar-refractivity contribution in [3.05, 3.63) is 0 Å². The van der Waals surface area contributed by atoms with E-state index < -0.39 is 0 Å². The van der Waals surface area contributed by atoms with Gasteiger partial charge in [0.2, 0.25) is 0 Å². The van der Waals surface area contributed by atoms with Gasteiger partial charge in [0.25, 0.3) is 0 Å². The van der Waals surface area contributed by atoms with E-state index in [2.05, 4.69) is 0 Å². The van der Waals surface area contributed by atoms with E-state index in [9.17, 15) is 9.59 Å². The van der Waals surface area contributed by atoms with E-state index in [0.29, 0.717) is 12.2 Å². The Morgan fingerprint density at radius 3 is 2.33 bits per heavy atom. The number of hydrogen-bond acceptors (Lipinski definition) is 2. The molecule has 2 heteroatoms. The molecule has 1 unspecified atom stereocenters. The lowest BCUT2D eigenvalue weighted by atomic mass is 10.00. The van der Waals surface area contributed by atoms with Gasteiger partial charge in [-0.3, -0.25) is 4.79 Å². The summed E-state index contributed by atoms with van der Waals surface area (Å²) in [6.45, 7) is 5.70. The molecule has 0 aliphatic carbocycles. The van der Waals surface area contributed by atoms with E-state index in [-0.39, 0.29) is 11.8 Å². The molecule has 0 fully saturated rings. The second kappa shape index (κ2) is 5.92. The average molecular weight is 170 g/mol. The Hall–Kier alpha value is -0.660. The van der Waals surface area contributed by atoms with Crippen molar-refractivity contribution in [1.82, 2.24) is 0 Å². The zero-order valence-electron chi connectivity index (χ0n) is 8.17. The van der Waals surface area contributed by atoms with Crippen molar-refractivity contribution in [1.29, 1.82) is 0 Å². The molecule has 1 atom stereocenters. The highest BCUT2D eigenvalue weighted by molar-refractivity contribution is 5.80. The van der Waals surface area contributed by atoms with E-state index in [1.807, 2.05) is 20.8 Å². The van der Waals surface area contributed by atoms with Crippen LogP contribution in [-0.4, -0.2) is 12.1 Å². The lowest BCUT2D eigenvalue weighted by Gasteiger charge is -2.04. The summed E-state index contributed by atoms with van der Waals surface area (Å²) >= 11 is 0. The van der Waals surface area contributed by atoms with Gasteiger partial charge in [-0.1, -0.05) is 20.8 Å². The Morgan fingerprint density at radius 1 is 1.33 bits per heavy atom. The van der Waals surface area contributed by atoms with Crippen LogP contribution in [0.25, 0.3) is 0 Å². The largest absolute Gasteiger partial charge is 0.303 e. The van der Waals surface area contributed by atoms with Crippen LogP contribution in [0.3, 0.4) is 0 Å². The molecule has 12 heavy (non-hydrogen) atoms. The minimum atomic E-state index is 0.102. The summed E-state index contributed by atoms with van der Waals surface area (Å²) in [7, 11) is 0. The highest BCUT2D eigenvalue weighted by atomic mass is 16.1. The summed E-state index contributed by atoms with van der Waals surface area (Å²) in [4.78, 5) is 21.4. The number of rotatable bonds is 6. The van der Waals surface area contributed by atoms with Gasteiger partial charge in [-0.2, -0.15) is 0 Å². The summed E-state index contributed by atoms with van der Waals surface area (Å²) in [6.07, 6.45) is 3.24. The predicted molar refractivity (Wildman–Crippen MR) is 48.9 cm³/mol. The van der Waals surface area contributed by atoms with Gasteiger partial charge in [0.1, 0.15) is 12.1 Å². The van der Waals surface area contributed by atoms with Crippen molar-refractivity contribution in [3.63, 3.8) is 0 Å². The number of Topliss-reactive ketones (excluding diaryl/α,β-unsaturated/α-hetero) is 1. The van der Waals surface area contributed by atoms with E-state index >= 15 is 0 Å². The maximum absolute atomic E-state index is 11.1. The van der Waals surface area contributed by atoms with Gasteiger partial charge in [0.15, 0.2) is 0 Å². The zero-order valence-corrected chi connectivity index (χ0v) is 8.17. The third-order valence-corrected chi connectivity index (χ3v) is 1.96. The molecule has 2 nitrogen and oxygen atoms in total. The Bertz CT molecular complexity index is 150. The second-order valence-electron chi connectivity index (χ2n) is 3.63. The van der Waals surface area contributed by atoms with Crippen LogP contribution in [-0.2, 0) is 9.59 Å². The smallest absolute Gasteiger partial charge is 0.135 e. The fourth-order valence-electron chi connectivity index (χ4n) is 0.955. The average Bonchev–Trinajstić information content (AvgIpc) is 2.03. The van der Waals surface area contributed by atoms with Gasteiger partial charge >= 0.3 is 0 Å². The third-order valence-electron chi connectivity index (χ3n) is 1.96. The van der Waals surface area contributed by atoms with Crippen LogP contribution < -0.4 is 0 Å². The first-order valence-electron chi connectivity index (χ1n) is 4.56. The van der Waals surface area contributed by atoms with Gasteiger partial charge in [0.05, 0.1) is 0 Å². The van der Waals surface area contributed by atoms with Gasteiger partial charge in [-0.15, -0.1) is 0 Å². The number of carbonyl (C=O) groups excluding carboxylic acids is 2. The molecule has 0 N–H and O–H groups in total. The topological polar surface area (TPSA) is 34.1 Å². The zero-order chi connectivity index (χ0) is 9.56. The Morgan fingerprint density at radius 2 is 1.92 bits per heavy atom. The Kier molecular flexibility index (Phi) is 5.60. The minimum absolute atomic E-state index is 0.102. The molecule has 0 heterocycles. The number of aldehydes is 1. The van der Waals surface area contributed by atoms with Crippen molar-refractivity contribution in [2.75, 3.05) is 0 Å². The molecule has 0 saturated carbocycles. The summed E-state index contributed by atoms with van der Waals surface area (Å²) in [5.74, 6) is 0.537. The lowest BCUT2D eigenvalue weighted by Crippen LogP contribution is -2.07. The predicted octanol–water partition coefficient (Wildman–Crippen LogP) is 2.22. The van der Waals surface area contributed by atoms with E-state index in [0.717, 1.165) is 19.1 Å². The van der Waals surface area contributed by atoms with Crippen LogP contribution in [0.1, 0.15) is 40.0 Å². The lowest BCUT2D eigenvalue weighted by molar-refractivity contribution is -0.122. The van der Waals surface area contributed by atoms with Gasteiger partial charge < -0.3 is 4.79 Å². The van der Waals surface area contributed by atoms with E-state index in [4.69, 9.17) is 0 Å². The van der Waals surface area contributed by atoms with Crippen molar-refractivity contribution in [3.8, 4) is 0 Å². The molecule has 70 valence electrons. The maximum atomic E-state index is 11.1. The fraction of sp³-hybridized carbons (Fsp3) is 0.800. The summed E-state index contributed by atoms with van der Waals surface area (Å²) in [5, 5.41) is 0. The van der Waals surface area contributed by atoms with Crippen LogP contribution in [0.5, 0.6) is 0 Å². The summed E-state index contributed by atoms with van der Waals surface area (Å²) in [5.41, 5.74) is 0. The van der Waals surface area contributed by atoms with Crippen LogP contribution in [0.2, 0.25) is 0 Å². The first kappa shape index (κ1) is 11.3. The number of ketones is 1. The molecule has 0 aliphatic rings. The van der Waals surface area contributed by atoms with E-state index in [1.54, 1.807) is 0 Å². The van der Waals surface area contributed by atoms with Crippen molar-refractivity contribution < 1.29 is 9.59 Å². The SMILES string of the molecule is CC(C=O)CCCC(=O)C(C)C. The Balaban J connectivity index is 3.43. The summed E-state index contributed by atoms with van der Waals surface area (Å²) < 4.78 is 0. The minimum Gasteiger partial charge on any atom is -0.303 e. The monoisotopic (exact) mass is 170 g/mol. The molecule has 0 aromatic carbocycles. The normalized spacial score (nSPS) is 13.0. The molecule has 0 aromatic heterocycles. The number of carbonyl (C=O) groups is 2. The first-order valence-corrected chi connectivity index (χ1v) is 4.56. The second-order valence-corrected chi connectivity index (χ2v) is 3.63.